The average Bonchev–Trinajstić information content (AvgIpc) is 2.98. The van der Waals surface area contributed by atoms with E-state index in [0.29, 0.717) is 6.54 Å². The maximum absolute atomic E-state index is 13.3. The van der Waals surface area contributed by atoms with Crippen molar-refractivity contribution in [1.82, 2.24) is 20.0 Å². The molecule has 192 valence electrons. The highest BCUT2D eigenvalue weighted by atomic mass is 16.5. The molecule has 7 heteroatoms. The summed E-state index contributed by atoms with van der Waals surface area (Å²) in [7, 11) is 1.66. The van der Waals surface area contributed by atoms with Crippen LogP contribution in [0, 0.1) is 5.92 Å². The lowest BCUT2D eigenvalue weighted by Crippen LogP contribution is -2.52. The van der Waals surface area contributed by atoms with E-state index >= 15 is 0 Å². The van der Waals surface area contributed by atoms with Gasteiger partial charge in [0, 0.05) is 51.4 Å². The Kier molecular flexibility index (Phi) is 8.11. The Bertz CT molecular complexity index is 1170. The van der Waals surface area contributed by atoms with Crippen LogP contribution in [-0.4, -0.2) is 78.8 Å². The predicted octanol–water partition coefficient (Wildman–Crippen LogP) is 4.23. The molecule has 5 rings (SSSR count). The van der Waals surface area contributed by atoms with Crippen LogP contribution in [0.2, 0.25) is 0 Å². The number of carbonyl (C=O) groups excluding carboxylic acids is 1. The molecule has 0 spiro atoms. The molecule has 3 heterocycles. The van der Waals surface area contributed by atoms with E-state index in [1.54, 1.807) is 7.11 Å². The third-order valence-electron chi connectivity index (χ3n) is 7.29. The van der Waals surface area contributed by atoms with Gasteiger partial charge < -0.3 is 14.5 Å². The van der Waals surface area contributed by atoms with Crippen LogP contribution in [0.15, 0.2) is 72.8 Å². The van der Waals surface area contributed by atoms with Crippen LogP contribution >= 0.6 is 0 Å². The molecule has 2 saturated heterocycles. The minimum Gasteiger partial charge on any atom is -0.497 e. The molecule has 1 aromatic heterocycles. The second kappa shape index (κ2) is 12.0. The smallest absolute Gasteiger partial charge is 0.227 e. The first-order chi connectivity index (χ1) is 18.2. The molecule has 37 heavy (non-hydrogen) atoms. The van der Waals surface area contributed by atoms with Crippen LogP contribution < -0.4 is 9.64 Å². The topological polar surface area (TPSA) is 61.8 Å². The first-order valence-corrected chi connectivity index (χ1v) is 13.2. The number of carbonyl (C=O) groups is 1. The number of methoxy groups -OCH3 is 1. The number of piperidine rings is 1. The Morgan fingerprint density at radius 2 is 1.73 bits per heavy atom. The van der Waals surface area contributed by atoms with Gasteiger partial charge in [0.25, 0.3) is 0 Å². The molecule has 1 atom stereocenters. The van der Waals surface area contributed by atoms with Crippen LogP contribution in [0.25, 0.3) is 17.3 Å². The van der Waals surface area contributed by atoms with Crippen molar-refractivity contribution in [2.45, 2.75) is 12.8 Å². The van der Waals surface area contributed by atoms with E-state index in [4.69, 9.17) is 4.74 Å². The lowest BCUT2D eigenvalue weighted by molar-refractivity contribution is -0.137. The highest BCUT2D eigenvalue weighted by Gasteiger charge is 2.31. The van der Waals surface area contributed by atoms with Crippen LogP contribution in [0.5, 0.6) is 5.75 Å². The average molecular weight is 498 g/mol. The van der Waals surface area contributed by atoms with Crippen molar-refractivity contribution < 1.29 is 9.53 Å². The van der Waals surface area contributed by atoms with Crippen molar-refractivity contribution in [2.75, 3.05) is 57.8 Å². The molecular weight excluding hydrogens is 462 g/mol. The van der Waals surface area contributed by atoms with E-state index in [-0.39, 0.29) is 11.8 Å². The fourth-order valence-corrected chi connectivity index (χ4v) is 5.11. The Morgan fingerprint density at radius 3 is 2.43 bits per heavy atom. The van der Waals surface area contributed by atoms with E-state index in [2.05, 4.69) is 61.3 Å². The fourth-order valence-electron chi connectivity index (χ4n) is 5.11. The van der Waals surface area contributed by atoms with Crippen LogP contribution in [0.1, 0.15) is 18.4 Å². The molecule has 2 aromatic carbocycles. The van der Waals surface area contributed by atoms with E-state index in [9.17, 15) is 4.79 Å². The summed E-state index contributed by atoms with van der Waals surface area (Å²) in [6.45, 7) is 5.95. The lowest BCUT2D eigenvalue weighted by atomic mass is 9.96. The van der Waals surface area contributed by atoms with E-state index in [0.717, 1.165) is 74.9 Å². The maximum Gasteiger partial charge on any atom is 0.227 e. The number of benzene rings is 2. The number of piperazine rings is 1. The minimum absolute atomic E-state index is 0.0151. The normalized spacial score (nSPS) is 18.8. The summed E-state index contributed by atoms with van der Waals surface area (Å²) < 4.78 is 5.23. The molecule has 0 aliphatic carbocycles. The SMILES string of the molecule is COc1ccc(-c2ccc(N3CCCC(C(=O)N4CCN(C/C=C/c5ccccc5)CC4)C3)nn2)cc1. The second-order valence-corrected chi connectivity index (χ2v) is 9.73. The highest BCUT2D eigenvalue weighted by molar-refractivity contribution is 5.80. The summed E-state index contributed by atoms with van der Waals surface area (Å²) in [6.07, 6.45) is 6.31. The molecular formula is C30H35N5O2. The number of ether oxygens (including phenoxy) is 1. The Balaban J connectivity index is 1.12. The van der Waals surface area contributed by atoms with Gasteiger partial charge in [-0.1, -0.05) is 42.5 Å². The quantitative estimate of drug-likeness (QED) is 0.487. The molecule has 1 unspecified atom stereocenters. The minimum atomic E-state index is 0.0151. The fraction of sp³-hybridized carbons (Fsp3) is 0.367. The monoisotopic (exact) mass is 497 g/mol. The summed E-state index contributed by atoms with van der Waals surface area (Å²) in [5.41, 5.74) is 3.05. The molecule has 0 bridgehead atoms. The molecule has 2 fully saturated rings. The van der Waals surface area contributed by atoms with Gasteiger partial charge in [0.2, 0.25) is 5.91 Å². The predicted molar refractivity (Wildman–Crippen MR) is 147 cm³/mol. The Morgan fingerprint density at radius 1 is 0.946 bits per heavy atom. The zero-order valence-corrected chi connectivity index (χ0v) is 21.5. The van der Waals surface area contributed by atoms with Gasteiger partial charge in [-0.2, -0.15) is 0 Å². The molecule has 3 aromatic rings. The van der Waals surface area contributed by atoms with Gasteiger partial charge in [-0.25, -0.2) is 0 Å². The molecule has 1 amide bonds. The van der Waals surface area contributed by atoms with Gasteiger partial charge in [0.05, 0.1) is 18.7 Å². The number of rotatable bonds is 7. The number of aromatic nitrogens is 2. The van der Waals surface area contributed by atoms with Crippen LogP contribution in [0.3, 0.4) is 0 Å². The number of anilines is 1. The van der Waals surface area contributed by atoms with Crippen LogP contribution in [0.4, 0.5) is 5.82 Å². The number of nitrogens with zero attached hydrogens (tertiary/aromatic N) is 5. The standard InChI is InChI=1S/C30H35N5O2/c1-37-27-13-11-25(12-14-27)28-15-16-29(32-31-28)35-18-6-10-26(23-35)30(36)34-21-19-33(20-22-34)17-5-9-24-7-3-2-4-8-24/h2-5,7-9,11-16,26H,6,10,17-23H2,1H3/b9-5+. The Hall–Kier alpha value is -3.71. The number of amides is 1. The molecule has 0 N–H and O–H groups in total. The zero-order valence-electron chi connectivity index (χ0n) is 21.5. The second-order valence-electron chi connectivity index (χ2n) is 9.73. The first-order valence-electron chi connectivity index (χ1n) is 13.2. The van der Waals surface area contributed by atoms with Gasteiger partial charge in [-0.3, -0.25) is 9.69 Å². The molecule has 7 nitrogen and oxygen atoms in total. The summed E-state index contributed by atoms with van der Waals surface area (Å²) in [4.78, 5) is 20.0. The largest absolute Gasteiger partial charge is 0.497 e. The van der Waals surface area contributed by atoms with Gasteiger partial charge in [-0.15, -0.1) is 10.2 Å². The van der Waals surface area contributed by atoms with E-state index in [1.807, 2.05) is 42.5 Å². The van der Waals surface area contributed by atoms with E-state index < -0.39 is 0 Å². The third kappa shape index (κ3) is 6.35. The van der Waals surface area contributed by atoms with E-state index in [1.165, 1.54) is 5.56 Å². The lowest BCUT2D eigenvalue weighted by Gasteiger charge is -2.39. The molecule has 0 radical (unpaired) electrons. The summed E-state index contributed by atoms with van der Waals surface area (Å²) in [6, 6.07) is 22.2. The van der Waals surface area contributed by atoms with Crippen molar-refractivity contribution in [3.8, 4) is 17.0 Å². The van der Waals surface area contributed by atoms with Crippen molar-refractivity contribution >= 4 is 17.8 Å². The molecule has 2 aliphatic heterocycles. The van der Waals surface area contributed by atoms with Gasteiger partial charge in [-0.05, 0) is 54.8 Å². The van der Waals surface area contributed by atoms with Crippen molar-refractivity contribution in [3.63, 3.8) is 0 Å². The summed E-state index contributed by atoms with van der Waals surface area (Å²) >= 11 is 0. The summed E-state index contributed by atoms with van der Waals surface area (Å²) in [5.74, 6) is 1.96. The Labute approximate surface area is 219 Å². The molecule has 2 aliphatic rings. The van der Waals surface area contributed by atoms with Crippen molar-refractivity contribution in [2.24, 2.45) is 5.92 Å². The van der Waals surface area contributed by atoms with Crippen LogP contribution in [-0.2, 0) is 4.79 Å². The van der Waals surface area contributed by atoms with Crippen molar-refractivity contribution in [1.29, 1.82) is 0 Å². The number of hydrogen-bond acceptors (Lipinski definition) is 6. The first kappa shape index (κ1) is 25.0. The van der Waals surface area contributed by atoms with Gasteiger partial charge >= 0.3 is 0 Å². The number of hydrogen-bond donors (Lipinski definition) is 0. The zero-order chi connectivity index (χ0) is 25.5. The molecule has 0 saturated carbocycles. The highest BCUT2D eigenvalue weighted by Crippen LogP contribution is 2.25. The maximum atomic E-state index is 13.3. The van der Waals surface area contributed by atoms with Gasteiger partial charge in [0.1, 0.15) is 5.75 Å². The third-order valence-corrected chi connectivity index (χ3v) is 7.29. The summed E-state index contributed by atoms with van der Waals surface area (Å²) in [5, 5.41) is 8.95. The van der Waals surface area contributed by atoms with Crippen molar-refractivity contribution in [3.05, 3.63) is 78.4 Å². The van der Waals surface area contributed by atoms with Gasteiger partial charge in [0.15, 0.2) is 5.82 Å².